The number of fused-ring (bicyclic) bond motifs is 1. The molecule has 0 aliphatic heterocycles. The van der Waals surface area contributed by atoms with Gasteiger partial charge in [0.2, 0.25) is 0 Å². The quantitative estimate of drug-likeness (QED) is 0.159. The summed E-state index contributed by atoms with van der Waals surface area (Å²) in [5.41, 5.74) is 2.97. The van der Waals surface area contributed by atoms with Gasteiger partial charge in [-0.3, -0.25) is 0 Å². The van der Waals surface area contributed by atoms with Gasteiger partial charge in [-0.05, 0) is 131 Å². The summed E-state index contributed by atoms with van der Waals surface area (Å²) >= 11 is 0. The Morgan fingerprint density at radius 3 is 2.04 bits per heavy atom. The van der Waals surface area contributed by atoms with Crippen molar-refractivity contribution >= 4 is 25.0 Å². The Hall–Kier alpha value is -0.429. The van der Waals surface area contributed by atoms with Crippen LogP contribution >= 0.6 is 0 Å². The summed E-state index contributed by atoms with van der Waals surface area (Å²) in [5, 5.41) is 0.354. The van der Waals surface area contributed by atoms with E-state index in [2.05, 4.69) is 139 Å². The lowest BCUT2D eigenvalue weighted by atomic mass is 9.62. The molecule has 0 aromatic heterocycles. The fraction of sp³-hybridized carbons (Fsp3) is 0.854. The fourth-order valence-corrected chi connectivity index (χ4v) is 12.7. The largest absolute Gasteiger partial charge is 0.413 e. The molecule has 0 unspecified atom stereocenters. The predicted octanol–water partition coefficient (Wildman–Crippen LogP) is 12.7. The van der Waals surface area contributed by atoms with Crippen molar-refractivity contribution in [2.45, 2.75) is 201 Å². The lowest BCUT2D eigenvalue weighted by Gasteiger charge is -2.43. The van der Waals surface area contributed by atoms with Crippen molar-refractivity contribution in [2.75, 3.05) is 0 Å². The van der Waals surface area contributed by atoms with Crippen molar-refractivity contribution in [1.82, 2.24) is 0 Å². The van der Waals surface area contributed by atoms with Gasteiger partial charge in [0.15, 0.2) is 25.0 Å². The van der Waals surface area contributed by atoms with Crippen molar-refractivity contribution < 1.29 is 13.3 Å². The van der Waals surface area contributed by atoms with Crippen LogP contribution in [0.4, 0.5) is 0 Å². The van der Waals surface area contributed by atoms with E-state index in [1.807, 2.05) is 0 Å². The molecule has 1 saturated carbocycles. The summed E-state index contributed by atoms with van der Waals surface area (Å²) < 4.78 is 20.6. The average Bonchev–Trinajstić information content (AvgIpc) is 3.21. The smallest absolute Gasteiger partial charge is 0.192 e. The topological polar surface area (TPSA) is 27.7 Å². The van der Waals surface area contributed by atoms with Crippen LogP contribution in [-0.2, 0) is 13.3 Å². The van der Waals surface area contributed by atoms with E-state index in [4.69, 9.17) is 13.3 Å². The van der Waals surface area contributed by atoms with Crippen LogP contribution in [0, 0.1) is 35.0 Å². The number of rotatable bonds is 11. The van der Waals surface area contributed by atoms with Gasteiger partial charge < -0.3 is 13.3 Å². The highest BCUT2D eigenvalue weighted by molar-refractivity contribution is 6.74. The first kappa shape index (κ1) is 41.0. The molecule has 0 aromatic rings. The second-order valence-corrected chi connectivity index (χ2v) is 34.5. The second-order valence-electron chi connectivity index (χ2n) is 20.6. The van der Waals surface area contributed by atoms with E-state index in [-0.39, 0.29) is 27.9 Å². The van der Waals surface area contributed by atoms with E-state index < -0.39 is 25.0 Å². The van der Waals surface area contributed by atoms with Gasteiger partial charge in [-0.15, -0.1) is 0 Å². The number of allylic oxidation sites excluding steroid dienone is 2. The molecule has 3 aliphatic carbocycles. The Balaban J connectivity index is 1.77. The molecule has 0 heterocycles. The maximum Gasteiger partial charge on any atom is 0.192 e. The lowest BCUT2D eigenvalue weighted by molar-refractivity contribution is 0.0775. The number of hydrogen-bond donors (Lipinski definition) is 0. The molecule has 3 aliphatic rings. The third-order valence-corrected chi connectivity index (χ3v) is 23.0. The first-order chi connectivity index (χ1) is 21.2. The maximum atomic E-state index is 7.04. The molecule has 0 spiro atoms. The third kappa shape index (κ3) is 10.8. The first-order valence-corrected chi connectivity index (χ1v) is 28.4. The summed E-state index contributed by atoms with van der Waals surface area (Å²) in [6.07, 6.45) is 15.7. The summed E-state index contributed by atoms with van der Waals surface area (Å²) in [6.45, 7) is 40.2. The zero-order valence-corrected chi connectivity index (χ0v) is 37.1. The molecule has 270 valence electrons. The Morgan fingerprint density at radius 2 is 1.47 bits per heavy atom. The molecular weight excluding hydrogens is 625 g/mol. The van der Waals surface area contributed by atoms with Crippen LogP contribution in [0.15, 0.2) is 23.3 Å². The monoisotopic (exact) mass is 701 g/mol. The van der Waals surface area contributed by atoms with E-state index in [0.29, 0.717) is 11.3 Å². The minimum absolute atomic E-state index is 0.0140. The molecule has 3 rings (SSSR count). The van der Waals surface area contributed by atoms with Gasteiger partial charge >= 0.3 is 0 Å². The zero-order valence-electron chi connectivity index (χ0n) is 34.1. The van der Waals surface area contributed by atoms with Gasteiger partial charge in [-0.1, -0.05) is 86.1 Å². The van der Waals surface area contributed by atoms with Crippen molar-refractivity contribution in [3.63, 3.8) is 0 Å². The lowest BCUT2D eigenvalue weighted by Crippen LogP contribution is -2.48. The van der Waals surface area contributed by atoms with Gasteiger partial charge in [0.05, 0.1) is 17.8 Å². The molecule has 0 N–H and O–H groups in total. The third-order valence-electron chi connectivity index (χ3n) is 12.8. The van der Waals surface area contributed by atoms with Crippen molar-refractivity contribution in [1.29, 1.82) is 0 Å². The Kier molecular flexibility index (Phi) is 12.8. The predicted molar refractivity (Wildman–Crippen MR) is 212 cm³/mol. The Bertz CT molecular complexity index is 1200. The van der Waals surface area contributed by atoms with Crippen LogP contribution in [-0.4, -0.2) is 42.8 Å². The minimum atomic E-state index is -1.93. The van der Waals surface area contributed by atoms with Gasteiger partial charge in [0, 0.05) is 24.0 Å². The molecule has 0 aromatic carbocycles. The van der Waals surface area contributed by atoms with Crippen molar-refractivity contribution in [2.24, 2.45) is 23.2 Å². The number of hydrogen-bond acceptors (Lipinski definition) is 3. The maximum absolute atomic E-state index is 7.04. The summed E-state index contributed by atoms with van der Waals surface area (Å²) in [5.74, 6) is 9.65. The van der Waals surface area contributed by atoms with Gasteiger partial charge in [0.1, 0.15) is 0 Å². The van der Waals surface area contributed by atoms with Crippen LogP contribution in [0.1, 0.15) is 127 Å². The molecule has 0 bridgehead atoms. The van der Waals surface area contributed by atoms with E-state index in [1.54, 1.807) is 0 Å². The highest BCUT2D eigenvalue weighted by Gasteiger charge is 2.50. The van der Waals surface area contributed by atoms with E-state index >= 15 is 0 Å². The van der Waals surface area contributed by atoms with E-state index in [1.165, 1.54) is 43.3 Å². The van der Waals surface area contributed by atoms with Crippen molar-refractivity contribution in [3.05, 3.63) is 23.3 Å². The normalized spacial score (nSPS) is 28.6. The van der Waals surface area contributed by atoms with Gasteiger partial charge in [-0.2, -0.15) is 0 Å². The van der Waals surface area contributed by atoms with Crippen molar-refractivity contribution in [3.8, 4) is 11.8 Å². The molecule has 1 fully saturated rings. The Morgan fingerprint density at radius 1 is 0.872 bits per heavy atom. The Labute approximate surface area is 296 Å². The molecule has 0 amide bonds. The summed E-state index contributed by atoms with van der Waals surface area (Å²) in [4.78, 5) is 0. The second kappa shape index (κ2) is 14.7. The average molecular weight is 701 g/mol. The van der Waals surface area contributed by atoms with Crippen LogP contribution in [0.25, 0.3) is 0 Å². The van der Waals surface area contributed by atoms with Crippen LogP contribution in [0.5, 0.6) is 0 Å². The molecule has 3 nitrogen and oxygen atoms in total. The molecule has 47 heavy (non-hydrogen) atoms. The van der Waals surface area contributed by atoms with Crippen LogP contribution < -0.4 is 0 Å². The standard InChI is InChI=1S/C41H76O3Si3/c1-31(20-18-26-40(8,9)44-45(11,12)13)36-24-25-37-33(21-19-27-41(36,37)10)23-22-32-28-34(42-46(14,15)38(2,3)4)30-35(29-32)43-47(16,17)39(5,6)7/h21,28,31,34-37H,18-20,24-27,29-30H2,1-17H3/t31-,34+,35+,36-,37+,41-/m1/s1. The van der Waals surface area contributed by atoms with Gasteiger partial charge in [-0.25, -0.2) is 0 Å². The van der Waals surface area contributed by atoms with Crippen LogP contribution in [0.3, 0.4) is 0 Å². The molecule has 0 saturated heterocycles. The highest BCUT2D eigenvalue weighted by Crippen LogP contribution is 2.58. The first-order valence-electron chi connectivity index (χ1n) is 19.1. The summed E-state index contributed by atoms with van der Waals surface area (Å²) in [6, 6.07) is 0. The minimum Gasteiger partial charge on any atom is -0.413 e. The molecule has 6 heteroatoms. The SMILES string of the molecule is C[C@H](CCCC(C)(C)O[Si](C)(C)C)[C@H]1CC[C@H]2C(C#CC3=C[C@H](O[Si](C)(C)C(C)(C)C)C[C@@H](O[Si](C)(C)C(C)(C)C)C3)=CCC[C@]12C. The zero-order chi connectivity index (χ0) is 35.9. The molecule has 6 atom stereocenters. The van der Waals surface area contributed by atoms with Gasteiger partial charge in [0.25, 0.3) is 0 Å². The van der Waals surface area contributed by atoms with E-state index in [9.17, 15) is 0 Å². The molecular formula is C41H76O3Si3. The van der Waals surface area contributed by atoms with E-state index in [0.717, 1.165) is 37.5 Å². The summed E-state index contributed by atoms with van der Waals surface area (Å²) in [7, 11) is -5.39. The fourth-order valence-electron chi connectivity index (χ4n) is 8.33. The highest BCUT2D eigenvalue weighted by atomic mass is 28.4. The van der Waals surface area contributed by atoms with Crippen LogP contribution in [0.2, 0.25) is 55.9 Å². The molecule has 0 radical (unpaired) electrons.